The number of carbonyl (C=O) groups excluding carboxylic acids is 2. The van der Waals surface area contributed by atoms with E-state index in [4.69, 9.17) is 0 Å². The van der Waals surface area contributed by atoms with E-state index in [-0.39, 0.29) is 6.42 Å². The molecule has 24 heavy (non-hydrogen) atoms. The minimum Gasteiger partial charge on any atom is -0.345 e. The normalized spacial score (nSPS) is 11.2. The van der Waals surface area contributed by atoms with E-state index >= 15 is 0 Å². The molecule has 0 bridgehead atoms. The molecule has 0 aliphatic carbocycles. The first kappa shape index (κ1) is 18.1. The molecule has 2 rings (SSSR count). The average molecular weight is 404 g/mol. The van der Waals surface area contributed by atoms with Crippen molar-refractivity contribution in [3.8, 4) is 0 Å². The lowest BCUT2D eigenvalue weighted by Crippen LogP contribution is -2.42. The number of aromatic nitrogens is 1. The van der Waals surface area contributed by atoms with Crippen molar-refractivity contribution < 1.29 is 22.8 Å². The number of amides is 2. The smallest absolute Gasteiger partial charge is 0.345 e. The Kier molecular flexibility index (Phi) is 5.33. The summed E-state index contributed by atoms with van der Waals surface area (Å²) >= 11 is 3.23. The van der Waals surface area contributed by atoms with E-state index < -0.39 is 23.6 Å². The standard InChI is InChI=1S/C15H13BrF3N3O2/c1-22-8-11(16)7-12(22)14(24)21-20-13(23)6-9-2-4-10(5-3-9)15(17,18)19/h2-5,7-8H,6H2,1H3,(H,20,23)(H,21,24). The van der Waals surface area contributed by atoms with Gasteiger partial charge in [0.15, 0.2) is 0 Å². The van der Waals surface area contributed by atoms with E-state index in [1.807, 2.05) is 0 Å². The van der Waals surface area contributed by atoms with Crippen LogP contribution in [-0.2, 0) is 24.4 Å². The molecule has 0 saturated heterocycles. The molecular formula is C15H13BrF3N3O2. The first-order valence-electron chi connectivity index (χ1n) is 6.74. The Morgan fingerprint density at radius 3 is 2.29 bits per heavy atom. The Labute approximate surface area is 143 Å². The predicted octanol–water partition coefficient (Wildman–Crippen LogP) is 2.81. The van der Waals surface area contributed by atoms with Gasteiger partial charge in [0, 0.05) is 17.7 Å². The highest BCUT2D eigenvalue weighted by atomic mass is 79.9. The van der Waals surface area contributed by atoms with Crippen LogP contribution < -0.4 is 10.9 Å². The summed E-state index contributed by atoms with van der Waals surface area (Å²) in [6, 6.07) is 5.83. The Balaban J connectivity index is 1.89. The van der Waals surface area contributed by atoms with Gasteiger partial charge in [0.1, 0.15) is 5.69 Å². The van der Waals surface area contributed by atoms with E-state index in [2.05, 4.69) is 26.8 Å². The maximum absolute atomic E-state index is 12.5. The molecule has 0 aliphatic heterocycles. The summed E-state index contributed by atoms with van der Waals surface area (Å²) in [7, 11) is 1.67. The number of alkyl halides is 3. The van der Waals surface area contributed by atoms with Crippen molar-refractivity contribution in [2.45, 2.75) is 12.6 Å². The van der Waals surface area contributed by atoms with Gasteiger partial charge in [-0.3, -0.25) is 20.4 Å². The second kappa shape index (κ2) is 7.08. The second-order valence-corrected chi connectivity index (χ2v) is 5.94. The quantitative estimate of drug-likeness (QED) is 0.774. The van der Waals surface area contributed by atoms with Gasteiger partial charge in [-0.1, -0.05) is 12.1 Å². The van der Waals surface area contributed by atoms with Crippen molar-refractivity contribution in [2.24, 2.45) is 7.05 Å². The van der Waals surface area contributed by atoms with Crippen LogP contribution in [0.3, 0.4) is 0 Å². The molecule has 2 N–H and O–H groups in total. The van der Waals surface area contributed by atoms with Gasteiger partial charge in [0.25, 0.3) is 5.91 Å². The maximum Gasteiger partial charge on any atom is 0.416 e. The second-order valence-electron chi connectivity index (χ2n) is 5.03. The van der Waals surface area contributed by atoms with Crippen molar-refractivity contribution >= 4 is 27.7 Å². The molecular weight excluding hydrogens is 391 g/mol. The molecule has 2 amide bonds. The molecule has 1 aromatic heterocycles. The highest BCUT2D eigenvalue weighted by molar-refractivity contribution is 9.10. The Hall–Kier alpha value is -2.29. The molecule has 1 heterocycles. The van der Waals surface area contributed by atoms with Crippen LogP contribution in [0.2, 0.25) is 0 Å². The zero-order chi connectivity index (χ0) is 17.9. The lowest BCUT2D eigenvalue weighted by Gasteiger charge is -2.09. The van der Waals surface area contributed by atoms with Crippen LogP contribution >= 0.6 is 15.9 Å². The van der Waals surface area contributed by atoms with Gasteiger partial charge in [-0.25, -0.2) is 0 Å². The van der Waals surface area contributed by atoms with E-state index in [0.717, 1.165) is 12.1 Å². The van der Waals surface area contributed by atoms with Crippen LogP contribution in [0.4, 0.5) is 13.2 Å². The predicted molar refractivity (Wildman–Crippen MR) is 83.9 cm³/mol. The summed E-state index contributed by atoms with van der Waals surface area (Å²) < 4.78 is 39.7. The van der Waals surface area contributed by atoms with Gasteiger partial charge in [-0.15, -0.1) is 0 Å². The summed E-state index contributed by atoms with van der Waals surface area (Å²) in [6.45, 7) is 0. The number of benzene rings is 1. The fourth-order valence-corrected chi connectivity index (χ4v) is 2.51. The zero-order valence-corrected chi connectivity index (χ0v) is 14.0. The van der Waals surface area contributed by atoms with Gasteiger partial charge in [0.05, 0.1) is 12.0 Å². The van der Waals surface area contributed by atoms with Gasteiger partial charge < -0.3 is 4.57 Å². The number of hydrogen-bond donors (Lipinski definition) is 2. The molecule has 5 nitrogen and oxygen atoms in total. The largest absolute Gasteiger partial charge is 0.416 e. The van der Waals surface area contributed by atoms with Crippen LogP contribution in [0.1, 0.15) is 21.6 Å². The fraction of sp³-hybridized carbons (Fsp3) is 0.200. The van der Waals surface area contributed by atoms with Crippen molar-refractivity contribution in [1.29, 1.82) is 0 Å². The molecule has 0 spiro atoms. The van der Waals surface area contributed by atoms with Gasteiger partial charge in [-0.05, 0) is 39.7 Å². The lowest BCUT2D eigenvalue weighted by molar-refractivity contribution is -0.137. The van der Waals surface area contributed by atoms with Crippen molar-refractivity contribution in [3.05, 3.63) is 57.8 Å². The van der Waals surface area contributed by atoms with Crippen LogP contribution in [0, 0.1) is 0 Å². The highest BCUT2D eigenvalue weighted by Crippen LogP contribution is 2.29. The third-order valence-corrected chi connectivity index (χ3v) is 3.60. The molecule has 0 radical (unpaired) electrons. The summed E-state index contributed by atoms with van der Waals surface area (Å²) in [4.78, 5) is 23.7. The van der Waals surface area contributed by atoms with E-state index in [9.17, 15) is 22.8 Å². The van der Waals surface area contributed by atoms with Crippen LogP contribution in [0.15, 0.2) is 41.0 Å². The molecule has 1 aromatic carbocycles. The van der Waals surface area contributed by atoms with Crippen LogP contribution in [-0.4, -0.2) is 16.4 Å². The van der Waals surface area contributed by atoms with E-state index in [0.29, 0.717) is 15.7 Å². The Morgan fingerprint density at radius 2 is 1.79 bits per heavy atom. The molecule has 0 fully saturated rings. The third-order valence-electron chi connectivity index (χ3n) is 3.17. The van der Waals surface area contributed by atoms with Crippen LogP contribution in [0.5, 0.6) is 0 Å². The maximum atomic E-state index is 12.5. The van der Waals surface area contributed by atoms with Crippen molar-refractivity contribution in [2.75, 3.05) is 0 Å². The number of rotatable bonds is 3. The minimum absolute atomic E-state index is 0.157. The molecule has 0 aliphatic rings. The molecule has 0 unspecified atom stereocenters. The van der Waals surface area contributed by atoms with Crippen LogP contribution in [0.25, 0.3) is 0 Å². The molecule has 0 saturated carbocycles. The number of halogens is 4. The minimum atomic E-state index is -4.42. The Morgan fingerprint density at radius 1 is 1.17 bits per heavy atom. The summed E-state index contributed by atoms with van der Waals surface area (Å²) in [5.41, 5.74) is 4.42. The Bertz CT molecular complexity index is 754. The first-order valence-corrected chi connectivity index (χ1v) is 7.53. The van der Waals surface area contributed by atoms with Crippen molar-refractivity contribution in [3.63, 3.8) is 0 Å². The monoisotopic (exact) mass is 403 g/mol. The van der Waals surface area contributed by atoms with Gasteiger partial charge in [0.2, 0.25) is 5.91 Å². The zero-order valence-electron chi connectivity index (χ0n) is 12.4. The summed E-state index contributed by atoms with van der Waals surface area (Å²) in [6.07, 6.45) is -2.90. The number of hydrazine groups is 1. The first-order chi connectivity index (χ1) is 11.2. The lowest BCUT2D eigenvalue weighted by atomic mass is 10.1. The third kappa shape index (κ3) is 4.60. The fourth-order valence-electron chi connectivity index (χ4n) is 1.98. The van der Waals surface area contributed by atoms with Gasteiger partial charge >= 0.3 is 6.18 Å². The van der Waals surface area contributed by atoms with Gasteiger partial charge in [-0.2, -0.15) is 13.2 Å². The topological polar surface area (TPSA) is 63.1 Å². The number of carbonyl (C=O) groups is 2. The van der Waals surface area contributed by atoms with E-state index in [1.54, 1.807) is 23.9 Å². The summed E-state index contributed by atoms with van der Waals surface area (Å²) in [5.74, 6) is -1.06. The molecule has 128 valence electrons. The average Bonchev–Trinajstić information content (AvgIpc) is 2.83. The summed E-state index contributed by atoms with van der Waals surface area (Å²) in [5, 5.41) is 0. The highest BCUT2D eigenvalue weighted by Gasteiger charge is 2.29. The number of hydrogen-bond acceptors (Lipinski definition) is 2. The SMILES string of the molecule is Cn1cc(Br)cc1C(=O)NNC(=O)Cc1ccc(C(F)(F)F)cc1. The van der Waals surface area contributed by atoms with E-state index in [1.165, 1.54) is 12.1 Å². The number of aryl methyl sites for hydroxylation is 1. The number of nitrogens with zero attached hydrogens (tertiary/aromatic N) is 1. The number of nitrogens with one attached hydrogen (secondary N) is 2. The molecule has 9 heteroatoms. The molecule has 2 aromatic rings. The molecule has 0 atom stereocenters. The van der Waals surface area contributed by atoms with Crippen molar-refractivity contribution in [1.82, 2.24) is 15.4 Å².